The van der Waals surface area contributed by atoms with Crippen LogP contribution in [-0.2, 0) is 65.9 Å². The fraction of sp³-hybridized carbons (Fsp3) is 0.404. The molecule has 0 aliphatic carbocycles. The number of hydrogen-bond donors (Lipinski definition) is 8. The molecule has 4 rings (SSSR count). The van der Waals surface area contributed by atoms with Crippen LogP contribution < -0.4 is 82.5 Å². The van der Waals surface area contributed by atoms with E-state index >= 15 is 0 Å². The molecular formula is C47H68Cl5K2N6O15S3. The molecule has 4 aromatic rings. The first-order chi connectivity index (χ1) is 35.1. The summed E-state index contributed by atoms with van der Waals surface area (Å²) < 4.78 is 71.5. The molecule has 31 heteroatoms. The molecule has 0 fully saturated rings. The molecule has 0 atom stereocenters. The number of carbonyl (C=O) groups excluding carboxylic acids is 2. The Kier molecular flexibility index (Phi) is 60.5. The Balaban J connectivity index is -0.000000224. The number of esters is 1. The topological polar surface area (TPSA) is 354 Å². The van der Waals surface area contributed by atoms with Crippen molar-refractivity contribution in [2.75, 3.05) is 68.9 Å². The Labute approximate surface area is 569 Å². The number of rotatable bonds is 23. The Bertz CT molecular complexity index is 2600. The summed E-state index contributed by atoms with van der Waals surface area (Å²) in [6.45, 7) is 3.31. The van der Waals surface area contributed by atoms with Gasteiger partial charge in [0.25, 0.3) is 6.47 Å². The maximum absolute atomic E-state index is 12.1. The summed E-state index contributed by atoms with van der Waals surface area (Å²) in [5, 5.41) is 49.3. The molecule has 0 bridgehead atoms. The number of nitrogens with zero attached hydrogens (tertiary/aromatic N) is 1. The largest absolute Gasteiger partial charge is 1.00 e. The van der Waals surface area contributed by atoms with E-state index in [2.05, 4.69) is 35.6 Å². The molecule has 0 aliphatic heterocycles. The maximum atomic E-state index is 12.1. The number of aliphatic carboxylic acids is 1. The fourth-order valence-corrected chi connectivity index (χ4v) is 6.90. The number of ether oxygens (including phenoxy) is 1. The van der Waals surface area contributed by atoms with Crippen molar-refractivity contribution in [2.45, 2.75) is 65.7 Å². The van der Waals surface area contributed by atoms with Crippen molar-refractivity contribution in [1.29, 1.82) is 5.26 Å². The molecule has 0 amide bonds. The summed E-state index contributed by atoms with van der Waals surface area (Å²) in [7, 11) is -4.92. The minimum absolute atomic E-state index is 0. The molecule has 431 valence electrons. The summed E-state index contributed by atoms with van der Waals surface area (Å²) in [6.07, 6.45) is 7.44. The van der Waals surface area contributed by atoms with Crippen LogP contribution in [0.1, 0.15) is 64.0 Å². The van der Waals surface area contributed by atoms with Crippen molar-refractivity contribution >= 4 is 179 Å². The molecule has 21 nitrogen and oxygen atoms in total. The molecule has 0 saturated carbocycles. The van der Waals surface area contributed by atoms with E-state index in [1.165, 1.54) is 6.92 Å². The number of nitrogens with two attached hydrogens (primary N) is 1. The van der Waals surface area contributed by atoms with Crippen molar-refractivity contribution in [2.24, 2.45) is 5.73 Å². The first-order valence-corrected chi connectivity index (χ1v) is 29.8. The van der Waals surface area contributed by atoms with Gasteiger partial charge in [0.2, 0.25) is 29.1 Å². The Morgan fingerprint density at radius 3 is 1.32 bits per heavy atom. The van der Waals surface area contributed by atoms with Gasteiger partial charge in [-0.05, 0) is 92.6 Å². The zero-order valence-corrected chi connectivity index (χ0v) is 55.9. The number of halogens is 5. The normalized spacial score (nSPS) is 9.85. The van der Waals surface area contributed by atoms with Crippen molar-refractivity contribution < 1.29 is 121 Å². The van der Waals surface area contributed by atoms with Gasteiger partial charge in [-0.25, -0.2) is 34.7 Å². The molecule has 0 unspecified atom stereocenters. The molecule has 0 spiro atoms. The van der Waals surface area contributed by atoms with E-state index in [1.54, 1.807) is 60.7 Å². The van der Waals surface area contributed by atoms with Crippen LogP contribution in [0.2, 0.25) is 20.1 Å². The number of hydrogen-bond acceptors (Lipinski definition) is 18. The molecule has 1 radical (unpaired) electrons. The molecular weight excluding hydrogens is 1240 g/mol. The number of unbranched alkanes of at least 4 members (excludes halogenated alkanes) is 3. The van der Waals surface area contributed by atoms with Crippen LogP contribution in [0.4, 0.5) is 22.7 Å². The SMILES string of the molecule is C.CC#N.CS(=O)(=O)Cl.CS(=O)(=O)NCCCCO.CS(=O)(=O)NCCCCOC(=O)Cc1ccccc1Nc1c(Cl)cccc1Cl.NCCCCO.O=C(O)Cc1ccccc1Nc1c(Cl)cccc1Cl.O=CO[O-].[K+].[K]. The van der Waals surface area contributed by atoms with Crippen molar-refractivity contribution in [1.82, 2.24) is 9.44 Å². The number of aliphatic hydroxyl groups is 2. The van der Waals surface area contributed by atoms with Crippen LogP contribution in [0.3, 0.4) is 0 Å². The van der Waals surface area contributed by atoms with Gasteiger partial charge in [0.15, 0.2) is 0 Å². The third kappa shape index (κ3) is 55.3. The maximum Gasteiger partial charge on any atom is 1.00 e. The number of para-hydroxylation sites is 4. The number of carbonyl (C=O) groups is 3. The van der Waals surface area contributed by atoms with Crippen LogP contribution in [0.15, 0.2) is 84.9 Å². The van der Waals surface area contributed by atoms with Gasteiger partial charge in [-0.2, -0.15) is 5.26 Å². The first kappa shape index (κ1) is 87.9. The van der Waals surface area contributed by atoms with E-state index < -0.39 is 35.1 Å². The Hall–Kier alpha value is -1.29. The monoisotopic (exact) mass is 1310 g/mol. The van der Waals surface area contributed by atoms with Gasteiger partial charge < -0.3 is 46.6 Å². The number of sulfonamides is 2. The quantitative estimate of drug-likeness (QED) is 0.00991. The third-order valence-corrected chi connectivity index (χ3v) is 10.7. The predicted octanol–water partition coefficient (Wildman–Crippen LogP) is 3.95. The average molecular weight is 1310 g/mol. The van der Waals surface area contributed by atoms with Gasteiger partial charge in [0.1, 0.15) is 0 Å². The van der Waals surface area contributed by atoms with Gasteiger partial charge in [0, 0.05) is 107 Å². The van der Waals surface area contributed by atoms with Crippen molar-refractivity contribution in [3.8, 4) is 6.07 Å². The molecule has 0 heterocycles. The number of carboxylic acid groups (broad SMARTS) is 1. The van der Waals surface area contributed by atoms with Crippen LogP contribution in [0.5, 0.6) is 0 Å². The van der Waals surface area contributed by atoms with E-state index in [9.17, 15) is 34.8 Å². The van der Waals surface area contributed by atoms with Gasteiger partial charge in [-0.1, -0.05) is 102 Å². The molecule has 4 aromatic carbocycles. The average Bonchev–Trinajstić information content (AvgIpc) is 3.31. The van der Waals surface area contributed by atoms with Crippen LogP contribution in [0, 0.1) is 11.3 Å². The second-order valence-corrected chi connectivity index (χ2v) is 22.9. The van der Waals surface area contributed by atoms with E-state index in [4.69, 9.17) is 87.5 Å². The molecule has 0 aliphatic rings. The Morgan fingerprint density at radius 1 is 0.679 bits per heavy atom. The predicted molar refractivity (Wildman–Crippen MR) is 307 cm³/mol. The summed E-state index contributed by atoms with van der Waals surface area (Å²) in [5.41, 5.74) is 9.07. The molecule has 78 heavy (non-hydrogen) atoms. The van der Waals surface area contributed by atoms with Crippen molar-refractivity contribution in [3.63, 3.8) is 0 Å². The number of anilines is 4. The van der Waals surface area contributed by atoms with E-state index in [0.29, 0.717) is 93.7 Å². The molecule has 0 saturated heterocycles. The minimum Gasteiger partial charge on any atom is -0.662 e. The van der Waals surface area contributed by atoms with E-state index in [0.717, 1.165) is 37.2 Å². The summed E-state index contributed by atoms with van der Waals surface area (Å²) in [6, 6.07) is 26.6. The minimum atomic E-state index is -3.19. The standard InChI is InChI=1S/C19H22Cl2N2O4S.C14H11Cl2NO2.C5H13NO3S.C4H11NO.C2H3N.CH3ClO2S.CH2O3.CH4.2K/c1-28(25,26)22-11-4-5-12-27-18(24)13-14-7-2-3-10-17(14)23-19-15(20)8-6-9-16(19)21;15-10-5-3-6-11(16)14(10)17-12-7-2-1-4-9(12)8-13(18)19;1-10(8,9)6-4-2-3-5-7;5-3-1-2-4-6;1-2-3;1-5(2,3)4;2-1-4-3;;;/h2-3,6-10,22-23H,4-5,11-13H2,1H3;1-7,17H,8H2,(H,18,19);6-7H,2-5H2,1H3;6H,1-5H2;1H3;1H3;1,3H;1H4;;/q;;;;;;;;;+1/p-1. The second-order valence-electron chi connectivity index (χ2n) is 14.5. The number of nitriles is 1. The van der Waals surface area contributed by atoms with Gasteiger partial charge in [0.05, 0.1) is 75.8 Å². The van der Waals surface area contributed by atoms with Crippen molar-refractivity contribution in [3.05, 3.63) is 116 Å². The first-order valence-electron chi connectivity index (χ1n) is 21.8. The number of aliphatic hydroxyl groups excluding tert-OH is 2. The van der Waals surface area contributed by atoms with Crippen LogP contribution in [-0.4, -0.2) is 169 Å². The summed E-state index contributed by atoms with van der Waals surface area (Å²) in [5.74, 6) is -1.25. The smallest absolute Gasteiger partial charge is 0.662 e. The van der Waals surface area contributed by atoms with E-state index in [1.807, 2.05) is 30.3 Å². The zero-order valence-electron chi connectivity index (χ0n) is 43.4. The molecule has 9 N–H and O–H groups in total. The third-order valence-electron chi connectivity index (χ3n) is 7.96. The van der Waals surface area contributed by atoms with Gasteiger partial charge in [-0.3, -0.25) is 14.4 Å². The Morgan fingerprint density at radius 2 is 1.01 bits per heavy atom. The molecule has 0 aromatic heterocycles. The summed E-state index contributed by atoms with van der Waals surface area (Å²) in [4.78, 5) is 34.2. The van der Waals surface area contributed by atoms with Crippen LogP contribution >= 0.6 is 57.1 Å². The number of benzene rings is 4. The number of carboxylic acids is 1. The van der Waals surface area contributed by atoms with Gasteiger partial charge >= 0.3 is 63.3 Å². The zero-order chi connectivity index (χ0) is 57.9. The van der Waals surface area contributed by atoms with E-state index in [-0.39, 0.29) is 155 Å². The van der Waals surface area contributed by atoms with Crippen LogP contribution in [0.25, 0.3) is 0 Å². The fourth-order valence-electron chi connectivity index (χ4n) is 4.89. The number of nitrogens with one attached hydrogen (secondary N) is 4. The van der Waals surface area contributed by atoms with Gasteiger partial charge in [-0.15, -0.1) is 0 Å². The second kappa shape index (κ2) is 53.7. The summed E-state index contributed by atoms with van der Waals surface area (Å²) >= 11 is 24.5.